The van der Waals surface area contributed by atoms with Crippen molar-refractivity contribution in [3.63, 3.8) is 0 Å². The molecule has 0 radical (unpaired) electrons. The average molecular weight is 225 g/mol. The predicted octanol–water partition coefficient (Wildman–Crippen LogP) is 3.47. The van der Waals surface area contributed by atoms with Crippen LogP contribution in [0.5, 0.6) is 0 Å². The van der Waals surface area contributed by atoms with Gasteiger partial charge < -0.3 is 4.84 Å². The van der Waals surface area contributed by atoms with Gasteiger partial charge in [-0.3, -0.25) is 0 Å². The first kappa shape index (κ1) is 12.4. The lowest BCUT2D eigenvalue weighted by Crippen LogP contribution is -2.51. The van der Waals surface area contributed by atoms with E-state index < -0.39 is 0 Å². The molecular formula is C14H27NO. The summed E-state index contributed by atoms with van der Waals surface area (Å²) in [7, 11) is 3.88. The van der Waals surface area contributed by atoms with Crippen LogP contribution < -0.4 is 0 Å². The van der Waals surface area contributed by atoms with Gasteiger partial charge in [0, 0.05) is 12.6 Å². The molecule has 0 aromatic heterocycles. The van der Waals surface area contributed by atoms with Gasteiger partial charge in [0.05, 0.1) is 7.11 Å². The monoisotopic (exact) mass is 225 g/mol. The second kappa shape index (κ2) is 3.99. The van der Waals surface area contributed by atoms with Crippen molar-refractivity contribution in [2.24, 2.45) is 17.3 Å². The molecule has 0 aromatic rings. The average Bonchev–Trinajstić information content (AvgIpc) is 2.12. The summed E-state index contributed by atoms with van der Waals surface area (Å²) in [4.78, 5) is 5.44. The first-order valence-electron chi connectivity index (χ1n) is 6.63. The highest BCUT2D eigenvalue weighted by molar-refractivity contribution is 4.98. The number of fused-ring (bicyclic) bond motifs is 2. The second-order valence-corrected chi connectivity index (χ2v) is 7.13. The van der Waals surface area contributed by atoms with E-state index in [0.717, 1.165) is 11.8 Å². The fraction of sp³-hybridized carbons (Fsp3) is 1.00. The van der Waals surface area contributed by atoms with E-state index in [2.05, 4.69) is 32.9 Å². The van der Waals surface area contributed by atoms with Crippen molar-refractivity contribution in [3.8, 4) is 0 Å². The second-order valence-electron chi connectivity index (χ2n) is 7.13. The Kier molecular flexibility index (Phi) is 3.09. The van der Waals surface area contributed by atoms with E-state index in [-0.39, 0.29) is 5.54 Å². The van der Waals surface area contributed by atoms with Gasteiger partial charge in [0.25, 0.3) is 0 Å². The zero-order valence-corrected chi connectivity index (χ0v) is 11.5. The first-order valence-corrected chi connectivity index (χ1v) is 6.63. The number of hydroxylamine groups is 2. The molecule has 0 aliphatic heterocycles. The molecule has 2 bridgehead atoms. The van der Waals surface area contributed by atoms with Gasteiger partial charge in [-0.2, -0.15) is 5.06 Å². The van der Waals surface area contributed by atoms with Gasteiger partial charge in [-0.1, -0.05) is 13.8 Å². The van der Waals surface area contributed by atoms with Gasteiger partial charge in [-0.25, -0.2) is 0 Å². The molecule has 94 valence electrons. The molecule has 2 fully saturated rings. The van der Waals surface area contributed by atoms with Crippen LogP contribution in [0, 0.1) is 17.3 Å². The summed E-state index contributed by atoms with van der Waals surface area (Å²) in [5, 5.41) is 2.09. The largest absolute Gasteiger partial charge is 0.302 e. The van der Waals surface area contributed by atoms with Gasteiger partial charge >= 0.3 is 0 Å². The Hall–Kier alpha value is -0.0800. The Balaban J connectivity index is 2.10. The predicted molar refractivity (Wildman–Crippen MR) is 67.0 cm³/mol. The van der Waals surface area contributed by atoms with Crippen molar-refractivity contribution in [1.82, 2.24) is 5.06 Å². The quantitative estimate of drug-likeness (QED) is 0.667. The minimum Gasteiger partial charge on any atom is -0.302 e. The molecule has 2 heteroatoms. The van der Waals surface area contributed by atoms with Gasteiger partial charge in [0.15, 0.2) is 0 Å². The Morgan fingerprint density at radius 1 is 1.00 bits per heavy atom. The van der Waals surface area contributed by atoms with Crippen molar-refractivity contribution in [3.05, 3.63) is 0 Å². The number of hydrogen-bond donors (Lipinski definition) is 0. The molecule has 0 aromatic carbocycles. The summed E-state index contributed by atoms with van der Waals surface area (Å²) in [6.45, 7) is 7.25. The third-order valence-electron chi connectivity index (χ3n) is 4.84. The highest BCUT2D eigenvalue weighted by atomic mass is 16.7. The molecule has 2 nitrogen and oxygen atoms in total. The molecule has 2 saturated carbocycles. The lowest BCUT2D eigenvalue weighted by molar-refractivity contribution is -0.203. The van der Waals surface area contributed by atoms with Gasteiger partial charge in [-0.15, -0.1) is 0 Å². The molecule has 0 heterocycles. The van der Waals surface area contributed by atoms with Crippen LogP contribution in [0.1, 0.15) is 52.9 Å². The van der Waals surface area contributed by atoms with E-state index >= 15 is 0 Å². The summed E-state index contributed by atoms with van der Waals surface area (Å²) < 4.78 is 0. The summed E-state index contributed by atoms with van der Waals surface area (Å²) >= 11 is 0. The summed E-state index contributed by atoms with van der Waals surface area (Å²) in [5.41, 5.74) is 0.833. The SMILES string of the molecule is CON(C)C1(C)CC2CC(CC(C)(C)C2)C1. The standard InChI is InChI=1S/C14H27NO/c1-13(2)7-11-6-12(8-13)10-14(3,9-11)15(4)16-5/h11-12H,6-10H2,1-5H3. The molecule has 2 atom stereocenters. The summed E-state index contributed by atoms with van der Waals surface area (Å²) in [5.74, 6) is 1.81. The van der Waals surface area contributed by atoms with E-state index in [0.29, 0.717) is 5.41 Å². The maximum absolute atomic E-state index is 5.44. The Bertz CT molecular complexity index is 245. The topological polar surface area (TPSA) is 12.5 Å². The number of hydrogen-bond acceptors (Lipinski definition) is 2. The van der Waals surface area contributed by atoms with Crippen molar-refractivity contribution in [2.45, 2.75) is 58.4 Å². The third-order valence-corrected chi connectivity index (χ3v) is 4.84. The molecule has 0 amide bonds. The van der Waals surface area contributed by atoms with Crippen LogP contribution in [0.25, 0.3) is 0 Å². The van der Waals surface area contributed by atoms with Gasteiger partial charge in [0.2, 0.25) is 0 Å². The van der Waals surface area contributed by atoms with Crippen molar-refractivity contribution < 1.29 is 4.84 Å². The fourth-order valence-corrected chi connectivity index (χ4v) is 4.40. The Labute approximate surface area is 100 Å². The van der Waals surface area contributed by atoms with E-state index in [1.807, 2.05) is 0 Å². The molecule has 0 N–H and O–H groups in total. The maximum atomic E-state index is 5.44. The van der Waals surface area contributed by atoms with Crippen LogP contribution >= 0.6 is 0 Å². The lowest BCUT2D eigenvalue weighted by Gasteiger charge is -2.52. The van der Waals surface area contributed by atoms with E-state index in [1.165, 1.54) is 32.1 Å². The summed E-state index contributed by atoms with van der Waals surface area (Å²) in [6.07, 6.45) is 6.86. The Morgan fingerprint density at radius 2 is 1.50 bits per heavy atom. The Morgan fingerprint density at radius 3 is 1.94 bits per heavy atom. The van der Waals surface area contributed by atoms with Gasteiger partial charge in [0.1, 0.15) is 0 Å². The molecule has 2 aliphatic rings. The normalized spacial score (nSPS) is 42.4. The number of rotatable bonds is 2. The third kappa shape index (κ3) is 2.28. The lowest BCUT2D eigenvalue weighted by atomic mass is 9.58. The molecular weight excluding hydrogens is 198 g/mol. The van der Waals surface area contributed by atoms with Crippen LogP contribution in [0.15, 0.2) is 0 Å². The van der Waals surface area contributed by atoms with E-state index in [4.69, 9.17) is 4.84 Å². The van der Waals surface area contributed by atoms with Crippen molar-refractivity contribution >= 4 is 0 Å². The van der Waals surface area contributed by atoms with E-state index in [1.54, 1.807) is 7.11 Å². The van der Waals surface area contributed by atoms with E-state index in [9.17, 15) is 0 Å². The zero-order valence-electron chi connectivity index (χ0n) is 11.5. The zero-order chi connectivity index (χ0) is 12.0. The molecule has 2 rings (SSSR count). The maximum Gasteiger partial charge on any atom is 0.0575 e. The number of nitrogens with zero attached hydrogens (tertiary/aromatic N) is 1. The summed E-state index contributed by atoms with van der Waals surface area (Å²) in [6, 6.07) is 0. The van der Waals surface area contributed by atoms with Crippen molar-refractivity contribution in [2.75, 3.05) is 14.2 Å². The van der Waals surface area contributed by atoms with Crippen LogP contribution in [0.3, 0.4) is 0 Å². The van der Waals surface area contributed by atoms with Crippen LogP contribution in [-0.4, -0.2) is 24.8 Å². The first-order chi connectivity index (χ1) is 7.35. The minimum atomic E-state index is 0.263. The minimum absolute atomic E-state index is 0.263. The van der Waals surface area contributed by atoms with Crippen molar-refractivity contribution in [1.29, 1.82) is 0 Å². The molecule has 2 unspecified atom stereocenters. The molecule has 0 saturated heterocycles. The fourth-order valence-electron chi connectivity index (χ4n) is 4.40. The highest BCUT2D eigenvalue weighted by Gasteiger charge is 2.46. The smallest absolute Gasteiger partial charge is 0.0575 e. The van der Waals surface area contributed by atoms with Gasteiger partial charge in [-0.05, 0) is 56.3 Å². The molecule has 16 heavy (non-hydrogen) atoms. The molecule has 0 spiro atoms. The highest BCUT2D eigenvalue weighted by Crippen LogP contribution is 2.52. The van der Waals surface area contributed by atoms with Crippen LogP contribution in [0.2, 0.25) is 0 Å². The molecule has 2 aliphatic carbocycles. The van der Waals surface area contributed by atoms with Crippen LogP contribution in [-0.2, 0) is 4.84 Å². The van der Waals surface area contributed by atoms with Crippen LogP contribution in [0.4, 0.5) is 0 Å².